The molecule has 0 amide bonds. The van der Waals surface area contributed by atoms with E-state index in [2.05, 4.69) is 9.84 Å². The lowest BCUT2D eigenvalue weighted by atomic mass is 10.6. The van der Waals surface area contributed by atoms with Crippen LogP contribution >= 0.6 is 0 Å². The average Bonchev–Trinajstić information content (AvgIpc) is 2.14. The minimum Gasteiger partial charge on any atom is -0.470 e. The van der Waals surface area contributed by atoms with Crippen LogP contribution in [0, 0.1) is 0 Å². The molecule has 0 bridgehead atoms. The maximum atomic E-state index is 4.98. The molecule has 0 saturated carbocycles. The fraction of sp³-hybridized carbons (Fsp3) is 0. The zero-order valence-electron chi connectivity index (χ0n) is 3.72. The van der Waals surface area contributed by atoms with Gasteiger partial charge in [0.2, 0.25) is 0 Å². The minimum absolute atomic E-state index is 0.792. The highest BCUT2D eigenvalue weighted by Gasteiger charge is 1.82. The second-order valence-corrected chi connectivity index (χ2v) is 1.16. The van der Waals surface area contributed by atoms with E-state index in [0.717, 1.165) is 5.69 Å². The highest BCUT2D eigenvalue weighted by Crippen LogP contribution is 2.02. The molecule has 0 fully saturated rings. The van der Waals surface area contributed by atoms with Crippen molar-refractivity contribution in [1.82, 2.24) is 0 Å². The van der Waals surface area contributed by atoms with Crippen molar-refractivity contribution in [2.45, 2.75) is 0 Å². The minimum atomic E-state index is 0.792. The quantitative estimate of drug-likeness (QED) is 0.398. The van der Waals surface area contributed by atoms with Gasteiger partial charge in [-0.1, -0.05) is 0 Å². The maximum absolute atomic E-state index is 4.98. The van der Waals surface area contributed by atoms with Crippen LogP contribution in [-0.2, 0) is 0 Å². The Bertz CT molecular complexity index is 124. The Balaban J connectivity index is 2.76. The van der Waals surface area contributed by atoms with Crippen molar-refractivity contribution in [1.29, 1.82) is 0 Å². The molecule has 7 heavy (non-hydrogen) atoms. The molecule has 0 saturated heterocycles. The lowest BCUT2D eigenvalue weighted by Crippen LogP contribution is -2.04. The van der Waals surface area contributed by atoms with Crippen molar-refractivity contribution in [2.75, 3.05) is 5.43 Å². The van der Waals surface area contributed by atoms with Crippen LogP contribution in [0.25, 0.3) is 0 Å². The second kappa shape index (κ2) is 1.66. The van der Waals surface area contributed by atoms with E-state index in [0.29, 0.717) is 0 Å². The van der Waals surface area contributed by atoms with Gasteiger partial charge in [-0.15, -0.1) is 0 Å². The molecule has 0 radical (unpaired) electrons. The van der Waals surface area contributed by atoms with Gasteiger partial charge in [0.05, 0.1) is 12.0 Å². The third kappa shape index (κ3) is 0.721. The van der Waals surface area contributed by atoms with Crippen LogP contribution in [0.3, 0.4) is 0 Å². The lowest BCUT2D eigenvalue weighted by molar-refractivity contribution is 0.568. The zero-order chi connectivity index (χ0) is 5.11. The number of nitrogens with one attached hydrogen (secondary N) is 1. The average molecular weight is 98.1 g/mol. The van der Waals surface area contributed by atoms with Gasteiger partial charge in [-0.3, -0.25) is 5.84 Å². The largest absolute Gasteiger partial charge is 0.470 e. The third-order valence-electron chi connectivity index (χ3n) is 0.688. The number of nitrogens with two attached hydrogens (primary N) is 1. The van der Waals surface area contributed by atoms with Crippen LogP contribution in [0.2, 0.25) is 0 Å². The molecule has 3 N–H and O–H groups in total. The summed E-state index contributed by atoms with van der Waals surface area (Å²) in [6.45, 7) is 0. The van der Waals surface area contributed by atoms with E-state index in [1.54, 1.807) is 12.3 Å². The molecule has 3 heteroatoms. The maximum Gasteiger partial charge on any atom is 0.115 e. The summed E-state index contributed by atoms with van der Waals surface area (Å²) in [5.41, 5.74) is 3.20. The van der Waals surface area contributed by atoms with Gasteiger partial charge < -0.3 is 9.84 Å². The molecule has 0 unspecified atom stereocenters. The highest BCUT2D eigenvalue weighted by atomic mass is 16.3. The summed E-state index contributed by atoms with van der Waals surface area (Å²) in [6.07, 6.45) is 3.08. The molecule has 1 rings (SSSR count). The molecular weight excluding hydrogens is 92.1 g/mol. The topological polar surface area (TPSA) is 51.2 Å². The van der Waals surface area contributed by atoms with Crippen molar-refractivity contribution >= 4 is 5.69 Å². The summed E-state index contributed by atoms with van der Waals surface area (Å²) in [7, 11) is 0. The van der Waals surface area contributed by atoms with Gasteiger partial charge in [-0.05, 0) is 0 Å². The smallest absolute Gasteiger partial charge is 0.115 e. The normalized spacial score (nSPS) is 8.71. The fourth-order valence-corrected chi connectivity index (χ4v) is 0.347. The molecule has 0 aliphatic heterocycles. The van der Waals surface area contributed by atoms with E-state index in [1.165, 1.54) is 6.26 Å². The van der Waals surface area contributed by atoms with Gasteiger partial charge in [-0.25, -0.2) is 0 Å². The number of hydrogen-bond donors (Lipinski definition) is 2. The molecule has 0 spiro atoms. The van der Waals surface area contributed by atoms with E-state index in [9.17, 15) is 0 Å². The van der Waals surface area contributed by atoms with Gasteiger partial charge in [0, 0.05) is 6.07 Å². The first kappa shape index (κ1) is 4.21. The Kier molecular flexibility index (Phi) is 0.997. The lowest BCUT2D eigenvalue weighted by Gasteiger charge is -1.85. The van der Waals surface area contributed by atoms with Gasteiger partial charge in [-0.2, -0.15) is 0 Å². The summed E-state index contributed by atoms with van der Waals surface area (Å²) in [6, 6.07) is 1.74. The van der Waals surface area contributed by atoms with Gasteiger partial charge in [0.25, 0.3) is 0 Å². The summed E-state index contributed by atoms with van der Waals surface area (Å²) in [5.74, 6) is 4.98. The van der Waals surface area contributed by atoms with Crippen molar-refractivity contribution in [3.8, 4) is 0 Å². The Morgan fingerprint density at radius 3 is 2.86 bits per heavy atom. The Hall–Kier alpha value is -0.960. The van der Waals surface area contributed by atoms with Crippen molar-refractivity contribution < 1.29 is 4.42 Å². The molecule has 0 aromatic carbocycles. The number of nitrogen functional groups attached to an aromatic ring is 1. The first-order valence-electron chi connectivity index (χ1n) is 1.92. The molecular formula is C4H6N2O. The van der Waals surface area contributed by atoms with E-state index in [1.807, 2.05) is 0 Å². The monoisotopic (exact) mass is 98.0 g/mol. The van der Waals surface area contributed by atoms with Crippen molar-refractivity contribution in [3.05, 3.63) is 18.6 Å². The van der Waals surface area contributed by atoms with Gasteiger partial charge in [0.15, 0.2) is 0 Å². The van der Waals surface area contributed by atoms with Crippen molar-refractivity contribution in [2.24, 2.45) is 5.84 Å². The Labute approximate surface area is 41.1 Å². The van der Waals surface area contributed by atoms with Crippen molar-refractivity contribution in [3.63, 3.8) is 0 Å². The van der Waals surface area contributed by atoms with Gasteiger partial charge in [0.1, 0.15) is 6.26 Å². The SMILES string of the molecule is NNc1ccoc1. The first-order chi connectivity index (χ1) is 3.43. The predicted molar refractivity (Wildman–Crippen MR) is 26.5 cm³/mol. The summed E-state index contributed by atoms with van der Waals surface area (Å²) in [5, 5.41) is 0. The summed E-state index contributed by atoms with van der Waals surface area (Å²) >= 11 is 0. The number of hydrogen-bond acceptors (Lipinski definition) is 3. The van der Waals surface area contributed by atoms with E-state index in [4.69, 9.17) is 5.84 Å². The molecule has 0 atom stereocenters. The van der Waals surface area contributed by atoms with Crippen LogP contribution in [0.1, 0.15) is 0 Å². The Morgan fingerprint density at radius 2 is 2.57 bits per heavy atom. The van der Waals surface area contributed by atoms with Crippen LogP contribution in [0.4, 0.5) is 5.69 Å². The van der Waals surface area contributed by atoms with E-state index in [-0.39, 0.29) is 0 Å². The van der Waals surface area contributed by atoms with Crippen LogP contribution < -0.4 is 11.3 Å². The number of furan rings is 1. The standard InChI is InChI=1S/C4H6N2O/c5-6-4-1-2-7-3-4/h1-3,6H,5H2. The van der Waals surface area contributed by atoms with Crippen LogP contribution in [0.5, 0.6) is 0 Å². The molecule has 1 heterocycles. The number of anilines is 1. The molecule has 1 aromatic heterocycles. The summed E-state index contributed by atoms with van der Waals surface area (Å²) in [4.78, 5) is 0. The number of hydrazine groups is 1. The van der Waals surface area contributed by atoms with E-state index < -0.39 is 0 Å². The molecule has 3 nitrogen and oxygen atoms in total. The zero-order valence-corrected chi connectivity index (χ0v) is 3.72. The van der Waals surface area contributed by atoms with E-state index >= 15 is 0 Å². The Morgan fingerprint density at radius 1 is 1.71 bits per heavy atom. The summed E-state index contributed by atoms with van der Waals surface area (Å²) < 4.78 is 4.66. The van der Waals surface area contributed by atoms with Crippen LogP contribution in [0.15, 0.2) is 23.0 Å². The third-order valence-corrected chi connectivity index (χ3v) is 0.688. The highest BCUT2D eigenvalue weighted by molar-refractivity contribution is 5.36. The molecule has 0 aliphatic carbocycles. The predicted octanol–water partition coefficient (Wildman–Crippen LogP) is 0.565. The number of rotatable bonds is 1. The molecule has 0 aliphatic rings. The fourth-order valence-electron chi connectivity index (χ4n) is 0.347. The molecule has 1 aromatic rings. The van der Waals surface area contributed by atoms with Crippen LogP contribution in [-0.4, -0.2) is 0 Å². The molecule has 38 valence electrons. The second-order valence-electron chi connectivity index (χ2n) is 1.16. The van der Waals surface area contributed by atoms with Gasteiger partial charge >= 0.3 is 0 Å². The first-order valence-corrected chi connectivity index (χ1v) is 1.92.